The molecule has 1 aromatic heterocycles. The van der Waals surface area contributed by atoms with Crippen molar-refractivity contribution < 1.29 is 9.66 Å². The quantitative estimate of drug-likeness (QED) is 0.507. The third kappa shape index (κ3) is 3.53. The van der Waals surface area contributed by atoms with Crippen LogP contribution >= 0.6 is 0 Å². The van der Waals surface area contributed by atoms with Crippen molar-refractivity contribution in [1.29, 1.82) is 0 Å². The average molecular weight is 379 g/mol. The normalized spacial score (nSPS) is 17.0. The van der Waals surface area contributed by atoms with Crippen molar-refractivity contribution in [3.05, 3.63) is 68.6 Å². The Morgan fingerprint density at radius 1 is 1.21 bits per heavy atom. The Bertz CT molecular complexity index is 1080. The summed E-state index contributed by atoms with van der Waals surface area (Å²) in [5, 5.41) is 11.9. The first-order chi connectivity index (χ1) is 13.5. The third-order valence-electron chi connectivity index (χ3n) is 5.16. The van der Waals surface area contributed by atoms with E-state index in [1.807, 2.05) is 31.2 Å². The van der Waals surface area contributed by atoms with E-state index in [2.05, 4.69) is 4.98 Å². The molecule has 7 nitrogen and oxygen atoms in total. The van der Waals surface area contributed by atoms with Gasteiger partial charge in [-0.15, -0.1) is 0 Å². The summed E-state index contributed by atoms with van der Waals surface area (Å²) in [6.07, 6.45) is 2.94. The number of aryl methyl sites for hydroxylation is 1. The van der Waals surface area contributed by atoms with E-state index in [1.54, 1.807) is 10.6 Å². The van der Waals surface area contributed by atoms with Crippen molar-refractivity contribution in [2.45, 2.75) is 38.8 Å². The molecular weight excluding hydrogens is 358 g/mol. The molecule has 144 valence electrons. The van der Waals surface area contributed by atoms with E-state index < -0.39 is 4.92 Å². The molecule has 0 saturated carbocycles. The van der Waals surface area contributed by atoms with Gasteiger partial charge in [0.2, 0.25) is 0 Å². The molecule has 0 amide bonds. The summed E-state index contributed by atoms with van der Waals surface area (Å²) in [7, 11) is 0. The highest BCUT2D eigenvalue weighted by Crippen LogP contribution is 2.29. The summed E-state index contributed by atoms with van der Waals surface area (Å²) in [6, 6.07) is 12.2. The predicted molar refractivity (Wildman–Crippen MR) is 106 cm³/mol. The maximum Gasteiger partial charge on any atom is 0.348 e. The van der Waals surface area contributed by atoms with Crippen LogP contribution in [0.5, 0.6) is 0 Å². The Labute approximate surface area is 161 Å². The number of rotatable bonds is 4. The van der Waals surface area contributed by atoms with Crippen LogP contribution in [0.15, 0.2) is 47.3 Å². The maximum atomic E-state index is 12.8. The Balaban J connectivity index is 1.90. The zero-order valence-corrected chi connectivity index (χ0v) is 15.6. The van der Waals surface area contributed by atoms with Crippen LogP contribution in [0.1, 0.15) is 24.8 Å². The number of hydrogen-bond acceptors (Lipinski definition) is 5. The first kappa shape index (κ1) is 18.3. The first-order valence-electron chi connectivity index (χ1n) is 9.40. The van der Waals surface area contributed by atoms with Crippen LogP contribution in [0.3, 0.4) is 0 Å². The Kier molecular flexibility index (Phi) is 4.92. The fourth-order valence-corrected chi connectivity index (χ4v) is 3.64. The molecule has 2 heterocycles. The second-order valence-corrected chi connectivity index (χ2v) is 7.17. The second kappa shape index (κ2) is 7.52. The maximum absolute atomic E-state index is 12.8. The van der Waals surface area contributed by atoms with E-state index in [0.29, 0.717) is 29.7 Å². The zero-order valence-electron chi connectivity index (χ0n) is 15.6. The molecule has 0 bridgehead atoms. The summed E-state index contributed by atoms with van der Waals surface area (Å²) in [5.74, 6) is 0. The number of non-ortho nitro benzene ring substituents is 1. The lowest BCUT2D eigenvalue weighted by Crippen LogP contribution is -2.32. The van der Waals surface area contributed by atoms with Crippen LogP contribution in [0.2, 0.25) is 0 Å². The lowest BCUT2D eigenvalue weighted by molar-refractivity contribution is -0.384. The van der Waals surface area contributed by atoms with Gasteiger partial charge in [0.25, 0.3) is 5.69 Å². The molecule has 3 aromatic rings. The lowest BCUT2D eigenvalue weighted by atomic mass is 10.0. The Morgan fingerprint density at radius 2 is 2.00 bits per heavy atom. The lowest BCUT2D eigenvalue weighted by Gasteiger charge is -2.24. The smallest absolute Gasteiger partial charge is 0.348 e. The van der Waals surface area contributed by atoms with Crippen LogP contribution in [0.25, 0.3) is 22.2 Å². The van der Waals surface area contributed by atoms with Crippen LogP contribution in [-0.2, 0) is 11.3 Å². The van der Waals surface area contributed by atoms with Crippen LogP contribution in [-0.4, -0.2) is 27.2 Å². The molecule has 0 radical (unpaired) electrons. The highest BCUT2D eigenvalue weighted by molar-refractivity contribution is 5.93. The van der Waals surface area contributed by atoms with Crippen LogP contribution in [0.4, 0.5) is 5.69 Å². The largest absolute Gasteiger partial charge is 0.376 e. The summed E-state index contributed by atoms with van der Waals surface area (Å²) in [5.41, 5.74) is 2.55. The summed E-state index contributed by atoms with van der Waals surface area (Å²) < 4.78 is 7.36. The van der Waals surface area contributed by atoms with E-state index in [1.165, 1.54) is 12.1 Å². The van der Waals surface area contributed by atoms with Gasteiger partial charge in [-0.2, -0.15) is 4.98 Å². The number of ether oxygens (including phenoxy) is 1. The fraction of sp³-hybridized carbons (Fsp3) is 0.333. The summed E-state index contributed by atoms with van der Waals surface area (Å²) in [6.45, 7) is 3.06. The predicted octanol–water partition coefficient (Wildman–Crippen LogP) is 3.85. The standard InChI is InChI=1S/C21H21N3O4/c1-14-5-7-15(8-6-14)20-18-12-16(24(26)27)9-10-19(18)23(21(25)22-20)13-17-4-2-3-11-28-17/h5-10,12,17H,2-4,11,13H2,1H3. The molecule has 0 aliphatic carbocycles. The van der Waals surface area contributed by atoms with Crippen molar-refractivity contribution in [3.63, 3.8) is 0 Å². The zero-order chi connectivity index (χ0) is 19.7. The SMILES string of the molecule is Cc1ccc(-c2nc(=O)n(CC3CCCCO3)c3ccc([N+](=O)[O-])cc23)cc1. The molecule has 7 heteroatoms. The number of benzene rings is 2. The van der Waals surface area contributed by atoms with E-state index in [0.717, 1.165) is 30.4 Å². The fourth-order valence-electron chi connectivity index (χ4n) is 3.64. The monoisotopic (exact) mass is 379 g/mol. The minimum Gasteiger partial charge on any atom is -0.376 e. The average Bonchev–Trinajstić information content (AvgIpc) is 2.71. The van der Waals surface area contributed by atoms with E-state index in [4.69, 9.17) is 4.74 Å². The van der Waals surface area contributed by atoms with E-state index in [-0.39, 0.29) is 17.5 Å². The molecule has 1 atom stereocenters. The molecule has 28 heavy (non-hydrogen) atoms. The van der Waals surface area contributed by atoms with Gasteiger partial charge in [0.05, 0.1) is 28.8 Å². The Hall–Kier alpha value is -3.06. The number of nitrogens with zero attached hydrogens (tertiary/aromatic N) is 3. The van der Waals surface area contributed by atoms with Gasteiger partial charge >= 0.3 is 5.69 Å². The van der Waals surface area contributed by atoms with Crippen molar-refractivity contribution in [1.82, 2.24) is 9.55 Å². The number of nitro benzene ring substituents is 1. The van der Waals surface area contributed by atoms with Crippen molar-refractivity contribution in [3.8, 4) is 11.3 Å². The third-order valence-corrected chi connectivity index (χ3v) is 5.16. The molecule has 1 aliphatic heterocycles. The van der Waals surface area contributed by atoms with Crippen molar-refractivity contribution in [2.75, 3.05) is 6.61 Å². The summed E-state index contributed by atoms with van der Waals surface area (Å²) >= 11 is 0. The number of hydrogen-bond donors (Lipinski definition) is 0. The molecule has 1 saturated heterocycles. The van der Waals surface area contributed by atoms with Crippen LogP contribution < -0.4 is 5.69 Å². The molecule has 1 unspecified atom stereocenters. The van der Waals surface area contributed by atoms with Crippen molar-refractivity contribution in [2.24, 2.45) is 0 Å². The van der Waals surface area contributed by atoms with Gasteiger partial charge in [-0.1, -0.05) is 29.8 Å². The highest BCUT2D eigenvalue weighted by atomic mass is 16.6. The van der Waals surface area contributed by atoms with Gasteiger partial charge in [-0.3, -0.25) is 14.7 Å². The summed E-state index contributed by atoms with van der Waals surface area (Å²) in [4.78, 5) is 28.0. The highest BCUT2D eigenvalue weighted by Gasteiger charge is 2.20. The van der Waals surface area contributed by atoms with E-state index >= 15 is 0 Å². The van der Waals surface area contributed by atoms with E-state index in [9.17, 15) is 14.9 Å². The first-order valence-corrected chi connectivity index (χ1v) is 9.40. The van der Waals surface area contributed by atoms with Gasteiger partial charge in [-0.25, -0.2) is 4.79 Å². The minimum atomic E-state index is -0.432. The molecule has 0 N–H and O–H groups in total. The van der Waals surface area contributed by atoms with Crippen LogP contribution in [0, 0.1) is 17.0 Å². The number of fused-ring (bicyclic) bond motifs is 1. The van der Waals surface area contributed by atoms with Gasteiger partial charge < -0.3 is 4.74 Å². The molecule has 0 spiro atoms. The number of nitro groups is 1. The molecular formula is C21H21N3O4. The second-order valence-electron chi connectivity index (χ2n) is 7.17. The Morgan fingerprint density at radius 3 is 2.68 bits per heavy atom. The molecule has 1 fully saturated rings. The van der Waals surface area contributed by atoms with Crippen molar-refractivity contribution >= 4 is 16.6 Å². The minimum absolute atomic E-state index is 0.0261. The molecule has 2 aromatic carbocycles. The van der Waals surface area contributed by atoms with Gasteiger partial charge in [0, 0.05) is 29.7 Å². The molecule has 1 aliphatic rings. The van der Waals surface area contributed by atoms with Gasteiger partial charge in [-0.05, 0) is 32.3 Å². The molecule has 4 rings (SSSR count). The van der Waals surface area contributed by atoms with Gasteiger partial charge in [0.1, 0.15) is 0 Å². The topological polar surface area (TPSA) is 87.3 Å². The number of aromatic nitrogens is 2. The van der Waals surface area contributed by atoms with Gasteiger partial charge in [0.15, 0.2) is 0 Å².